The second-order valence-electron chi connectivity index (χ2n) is 4.84. The van der Waals surface area contributed by atoms with Crippen molar-refractivity contribution in [3.8, 4) is 0 Å². The van der Waals surface area contributed by atoms with E-state index >= 15 is 0 Å². The number of thiophene rings is 1. The third-order valence-corrected chi connectivity index (χ3v) is 5.62. The SMILES string of the molecule is CNCc1ccc(CN2CCN(S(C)(=O)=O)CC2)s1. The van der Waals surface area contributed by atoms with E-state index < -0.39 is 10.0 Å². The Morgan fingerprint density at radius 3 is 2.42 bits per heavy atom. The number of sulfonamides is 1. The van der Waals surface area contributed by atoms with Crippen LogP contribution in [0.3, 0.4) is 0 Å². The molecule has 0 unspecified atom stereocenters. The standard InChI is InChI=1S/C12H21N3O2S2/c1-13-9-11-3-4-12(18-11)10-14-5-7-15(8-6-14)19(2,16)17/h3-4,13H,5-10H2,1-2H3. The van der Waals surface area contributed by atoms with Gasteiger partial charge in [0.05, 0.1) is 6.26 Å². The molecule has 1 N–H and O–H groups in total. The van der Waals surface area contributed by atoms with Crippen molar-refractivity contribution in [3.05, 3.63) is 21.9 Å². The van der Waals surface area contributed by atoms with Gasteiger partial charge in [-0.25, -0.2) is 8.42 Å². The van der Waals surface area contributed by atoms with Gasteiger partial charge in [-0.15, -0.1) is 11.3 Å². The zero-order chi connectivity index (χ0) is 13.9. The highest BCUT2D eigenvalue weighted by atomic mass is 32.2. The average molecular weight is 303 g/mol. The number of piperazine rings is 1. The van der Waals surface area contributed by atoms with E-state index in [9.17, 15) is 8.42 Å². The molecule has 0 aliphatic carbocycles. The summed E-state index contributed by atoms with van der Waals surface area (Å²) in [6.07, 6.45) is 1.28. The summed E-state index contributed by atoms with van der Waals surface area (Å²) in [7, 11) is -1.08. The van der Waals surface area contributed by atoms with E-state index in [4.69, 9.17) is 0 Å². The van der Waals surface area contributed by atoms with Crippen molar-refractivity contribution in [3.63, 3.8) is 0 Å². The fourth-order valence-corrected chi connectivity index (χ4v) is 4.12. The normalized spacial score (nSPS) is 18.8. The predicted molar refractivity (Wildman–Crippen MR) is 78.8 cm³/mol. The molecule has 7 heteroatoms. The van der Waals surface area contributed by atoms with Crippen LogP contribution in [0.2, 0.25) is 0 Å². The summed E-state index contributed by atoms with van der Waals surface area (Å²) in [5, 5.41) is 3.15. The van der Waals surface area contributed by atoms with Gasteiger partial charge < -0.3 is 5.32 Å². The van der Waals surface area contributed by atoms with Gasteiger partial charge in [-0.05, 0) is 19.2 Å². The Labute approximate surface area is 119 Å². The fourth-order valence-electron chi connectivity index (χ4n) is 2.22. The Hall–Kier alpha value is -0.470. The summed E-state index contributed by atoms with van der Waals surface area (Å²) in [5.41, 5.74) is 0. The minimum Gasteiger partial charge on any atom is -0.315 e. The molecular weight excluding hydrogens is 282 g/mol. The third kappa shape index (κ3) is 4.25. The van der Waals surface area contributed by atoms with Crippen LogP contribution >= 0.6 is 11.3 Å². The molecule has 108 valence electrons. The molecule has 0 bridgehead atoms. The Kier molecular flexibility index (Phi) is 4.97. The Balaban J connectivity index is 1.85. The van der Waals surface area contributed by atoms with E-state index in [1.54, 1.807) is 4.31 Å². The van der Waals surface area contributed by atoms with E-state index in [0.29, 0.717) is 13.1 Å². The highest BCUT2D eigenvalue weighted by Crippen LogP contribution is 2.19. The minimum absolute atomic E-state index is 0.605. The molecule has 1 aliphatic heterocycles. The Morgan fingerprint density at radius 2 is 1.84 bits per heavy atom. The van der Waals surface area contributed by atoms with Crippen LogP contribution in [0.5, 0.6) is 0 Å². The molecule has 2 rings (SSSR count). The van der Waals surface area contributed by atoms with E-state index in [0.717, 1.165) is 26.2 Å². The number of rotatable bonds is 5. The monoisotopic (exact) mass is 303 g/mol. The molecular formula is C12H21N3O2S2. The minimum atomic E-state index is -3.02. The van der Waals surface area contributed by atoms with Crippen molar-refractivity contribution < 1.29 is 8.42 Å². The van der Waals surface area contributed by atoms with Crippen molar-refractivity contribution in [1.82, 2.24) is 14.5 Å². The van der Waals surface area contributed by atoms with Crippen molar-refractivity contribution in [2.75, 3.05) is 39.5 Å². The lowest BCUT2D eigenvalue weighted by Gasteiger charge is -2.32. The maximum Gasteiger partial charge on any atom is 0.211 e. The van der Waals surface area contributed by atoms with Gasteiger partial charge in [0, 0.05) is 49.0 Å². The Morgan fingerprint density at radius 1 is 1.21 bits per heavy atom. The lowest BCUT2D eigenvalue weighted by Crippen LogP contribution is -2.47. The first kappa shape index (κ1) is 14.9. The average Bonchev–Trinajstić information content (AvgIpc) is 2.77. The molecule has 1 aromatic rings. The molecule has 19 heavy (non-hydrogen) atoms. The first-order valence-electron chi connectivity index (χ1n) is 6.38. The lowest BCUT2D eigenvalue weighted by molar-refractivity contribution is 0.183. The number of hydrogen-bond donors (Lipinski definition) is 1. The lowest BCUT2D eigenvalue weighted by atomic mass is 10.3. The van der Waals surface area contributed by atoms with Crippen LogP contribution in [0.15, 0.2) is 12.1 Å². The first-order valence-corrected chi connectivity index (χ1v) is 9.05. The molecule has 0 spiro atoms. The smallest absolute Gasteiger partial charge is 0.211 e. The van der Waals surface area contributed by atoms with E-state index in [1.165, 1.54) is 16.0 Å². The van der Waals surface area contributed by atoms with E-state index in [-0.39, 0.29) is 0 Å². The second kappa shape index (κ2) is 6.32. The third-order valence-electron chi connectivity index (χ3n) is 3.25. The summed E-state index contributed by atoms with van der Waals surface area (Å²) < 4.78 is 24.4. The fraction of sp³-hybridized carbons (Fsp3) is 0.667. The van der Waals surface area contributed by atoms with Gasteiger partial charge in [0.1, 0.15) is 0 Å². The molecule has 0 radical (unpaired) electrons. The molecule has 0 atom stereocenters. The van der Waals surface area contributed by atoms with Gasteiger partial charge >= 0.3 is 0 Å². The van der Waals surface area contributed by atoms with Crippen LogP contribution in [-0.2, 0) is 23.1 Å². The van der Waals surface area contributed by atoms with Crippen LogP contribution in [0.1, 0.15) is 9.75 Å². The predicted octanol–water partition coefficient (Wildman–Crippen LogP) is 0.545. The molecule has 1 aliphatic rings. The van der Waals surface area contributed by atoms with Crippen LogP contribution in [-0.4, -0.2) is 57.1 Å². The van der Waals surface area contributed by atoms with E-state index in [2.05, 4.69) is 22.3 Å². The topological polar surface area (TPSA) is 52.6 Å². The summed E-state index contributed by atoms with van der Waals surface area (Å²) in [4.78, 5) is 5.00. The number of hydrogen-bond acceptors (Lipinski definition) is 5. The maximum absolute atomic E-state index is 11.4. The van der Waals surface area contributed by atoms with Crippen LogP contribution < -0.4 is 5.32 Å². The van der Waals surface area contributed by atoms with Gasteiger partial charge in [-0.3, -0.25) is 4.90 Å². The van der Waals surface area contributed by atoms with Crippen molar-refractivity contribution in [2.24, 2.45) is 0 Å². The quantitative estimate of drug-likeness (QED) is 0.863. The van der Waals surface area contributed by atoms with Gasteiger partial charge in [0.25, 0.3) is 0 Å². The molecule has 0 amide bonds. The van der Waals surface area contributed by atoms with Crippen LogP contribution in [0.4, 0.5) is 0 Å². The highest BCUT2D eigenvalue weighted by molar-refractivity contribution is 7.88. The molecule has 1 fully saturated rings. The maximum atomic E-state index is 11.4. The van der Waals surface area contributed by atoms with Crippen LogP contribution in [0, 0.1) is 0 Å². The van der Waals surface area contributed by atoms with Crippen LogP contribution in [0.25, 0.3) is 0 Å². The van der Waals surface area contributed by atoms with Gasteiger partial charge in [-0.1, -0.05) is 0 Å². The molecule has 0 aromatic carbocycles. The van der Waals surface area contributed by atoms with Gasteiger partial charge in [0.15, 0.2) is 0 Å². The molecule has 2 heterocycles. The zero-order valence-corrected chi connectivity index (χ0v) is 13.1. The second-order valence-corrected chi connectivity index (χ2v) is 8.07. The highest BCUT2D eigenvalue weighted by Gasteiger charge is 2.23. The molecule has 1 aromatic heterocycles. The van der Waals surface area contributed by atoms with Crippen molar-refractivity contribution in [1.29, 1.82) is 0 Å². The zero-order valence-electron chi connectivity index (χ0n) is 11.4. The summed E-state index contributed by atoms with van der Waals surface area (Å²) in [6, 6.07) is 4.32. The van der Waals surface area contributed by atoms with Gasteiger partial charge in [-0.2, -0.15) is 4.31 Å². The molecule has 0 saturated carbocycles. The summed E-state index contributed by atoms with van der Waals surface area (Å²) in [5.74, 6) is 0. The summed E-state index contributed by atoms with van der Waals surface area (Å²) >= 11 is 1.82. The van der Waals surface area contributed by atoms with E-state index in [1.807, 2.05) is 18.4 Å². The largest absolute Gasteiger partial charge is 0.315 e. The number of nitrogens with zero attached hydrogens (tertiary/aromatic N) is 2. The first-order chi connectivity index (χ1) is 8.99. The Bertz CT molecular complexity index is 505. The van der Waals surface area contributed by atoms with Gasteiger partial charge in [0.2, 0.25) is 10.0 Å². The molecule has 5 nitrogen and oxygen atoms in total. The summed E-state index contributed by atoms with van der Waals surface area (Å²) in [6.45, 7) is 4.67. The molecule has 1 saturated heterocycles. The van der Waals surface area contributed by atoms with Crippen molar-refractivity contribution in [2.45, 2.75) is 13.1 Å². The van der Waals surface area contributed by atoms with Crippen molar-refractivity contribution >= 4 is 21.4 Å². The number of nitrogens with one attached hydrogen (secondary N) is 1.